The van der Waals surface area contributed by atoms with Gasteiger partial charge in [0.05, 0.1) is 23.5 Å². The molecule has 2 N–H and O–H groups in total. The average molecular weight is 279 g/mol. The number of nitro benzene ring substituents is 1. The Kier molecular flexibility index (Phi) is 4.52. The van der Waals surface area contributed by atoms with E-state index in [0.29, 0.717) is 18.9 Å². The first kappa shape index (κ1) is 14.3. The lowest BCUT2D eigenvalue weighted by Gasteiger charge is -2.11. The number of nitrogens with one attached hydrogen (secondary N) is 2. The zero-order chi connectivity index (χ0) is 14.5. The molecule has 0 aromatic heterocycles. The van der Waals surface area contributed by atoms with E-state index < -0.39 is 4.92 Å². The Labute approximate surface area is 116 Å². The monoisotopic (exact) mass is 279 g/mol. The molecule has 0 bridgehead atoms. The Hall–Kier alpha value is -2.15. The van der Waals surface area contributed by atoms with Crippen LogP contribution in [0.2, 0.25) is 0 Å². The summed E-state index contributed by atoms with van der Waals surface area (Å²) in [4.78, 5) is 22.5. The molecule has 108 valence electrons. The van der Waals surface area contributed by atoms with Gasteiger partial charge in [-0.3, -0.25) is 14.9 Å². The zero-order valence-corrected chi connectivity index (χ0v) is 11.2. The van der Waals surface area contributed by atoms with Gasteiger partial charge in [0.25, 0.3) is 5.69 Å². The minimum atomic E-state index is -0.523. The van der Waals surface area contributed by atoms with Crippen LogP contribution in [0.25, 0.3) is 0 Å². The Bertz CT molecular complexity index is 512. The first-order valence-corrected chi connectivity index (χ1v) is 6.54. The smallest absolute Gasteiger partial charge is 0.296 e. The van der Waals surface area contributed by atoms with Crippen molar-refractivity contribution in [1.82, 2.24) is 5.32 Å². The van der Waals surface area contributed by atoms with Gasteiger partial charge in [-0.1, -0.05) is 0 Å². The third-order valence-electron chi connectivity index (χ3n) is 3.17. The van der Waals surface area contributed by atoms with E-state index in [0.717, 1.165) is 13.0 Å². The SMILES string of the molecule is CCOc1ccc(NC(=O)C2CCNC2)c([N+](=O)[O-])c1. The number of hydrogen-bond acceptors (Lipinski definition) is 5. The van der Waals surface area contributed by atoms with E-state index in [-0.39, 0.29) is 23.2 Å². The standard InChI is InChI=1S/C13H17N3O4/c1-2-20-10-3-4-11(12(7-10)16(18)19)15-13(17)9-5-6-14-8-9/h3-4,7,9,14H,2,5-6,8H2,1H3,(H,15,17). The highest BCUT2D eigenvalue weighted by Gasteiger charge is 2.25. The van der Waals surface area contributed by atoms with Gasteiger partial charge < -0.3 is 15.4 Å². The van der Waals surface area contributed by atoms with Crippen molar-refractivity contribution < 1.29 is 14.5 Å². The molecule has 1 aromatic carbocycles. The number of rotatable bonds is 5. The Morgan fingerprint density at radius 1 is 1.60 bits per heavy atom. The van der Waals surface area contributed by atoms with E-state index in [1.807, 2.05) is 0 Å². The molecule has 1 heterocycles. The van der Waals surface area contributed by atoms with Gasteiger partial charge >= 0.3 is 0 Å². The van der Waals surface area contributed by atoms with Crippen molar-refractivity contribution in [2.45, 2.75) is 13.3 Å². The van der Waals surface area contributed by atoms with Gasteiger partial charge in [-0.15, -0.1) is 0 Å². The highest BCUT2D eigenvalue weighted by molar-refractivity contribution is 5.95. The number of anilines is 1. The topological polar surface area (TPSA) is 93.5 Å². The van der Waals surface area contributed by atoms with Gasteiger partial charge in [0, 0.05) is 6.54 Å². The number of hydrogen-bond donors (Lipinski definition) is 2. The van der Waals surface area contributed by atoms with Gasteiger partial charge in [0.15, 0.2) is 0 Å². The van der Waals surface area contributed by atoms with Gasteiger partial charge in [-0.05, 0) is 32.0 Å². The summed E-state index contributed by atoms with van der Waals surface area (Å²) in [6.45, 7) is 3.63. The van der Waals surface area contributed by atoms with Crippen LogP contribution in [-0.4, -0.2) is 30.5 Å². The summed E-state index contributed by atoms with van der Waals surface area (Å²) in [6.07, 6.45) is 0.747. The van der Waals surface area contributed by atoms with Crippen molar-refractivity contribution in [2.24, 2.45) is 5.92 Å². The quantitative estimate of drug-likeness (QED) is 0.630. The molecule has 2 rings (SSSR count). The fourth-order valence-electron chi connectivity index (χ4n) is 2.14. The molecule has 7 heteroatoms. The second kappa shape index (κ2) is 6.33. The first-order chi connectivity index (χ1) is 9.61. The third-order valence-corrected chi connectivity index (χ3v) is 3.17. The second-order valence-electron chi connectivity index (χ2n) is 4.55. The van der Waals surface area contributed by atoms with Crippen LogP contribution in [0.4, 0.5) is 11.4 Å². The van der Waals surface area contributed by atoms with Crippen LogP contribution in [-0.2, 0) is 4.79 Å². The summed E-state index contributed by atoms with van der Waals surface area (Å²) in [6, 6.07) is 4.44. The Morgan fingerprint density at radius 2 is 2.40 bits per heavy atom. The number of nitro groups is 1. The lowest BCUT2D eigenvalue weighted by Crippen LogP contribution is -2.25. The van der Waals surface area contributed by atoms with Gasteiger partial charge in [-0.2, -0.15) is 0 Å². The number of benzene rings is 1. The molecule has 0 spiro atoms. The van der Waals surface area contributed by atoms with E-state index >= 15 is 0 Å². The highest BCUT2D eigenvalue weighted by Crippen LogP contribution is 2.29. The van der Waals surface area contributed by atoms with Crippen molar-refractivity contribution in [3.8, 4) is 5.75 Å². The molecule has 1 atom stereocenters. The molecule has 1 amide bonds. The van der Waals surface area contributed by atoms with Crippen LogP contribution >= 0.6 is 0 Å². The Balaban J connectivity index is 2.17. The maximum absolute atomic E-state index is 12.0. The maximum Gasteiger partial charge on any atom is 0.296 e. The van der Waals surface area contributed by atoms with Crippen molar-refractivity contribution in [3.05, 3.63) is 28.3 Å². The molecule has 0 aliphatic carbocycles. The molecule has 1 aliphatic heterocycles. The minimum Gasteiger partial charge on any atom is -0.494 e. The van der Waals surface area contributed by atoms with Crippen LogP contribution in [0.5, 0.6) is 5.75 Å². The molecule has 1 unspecified atom stereocenters. The predicted molar refractivity (Wildman–Crippen MR) is 73.9 cm³/mol. The van der Waals surface area contributed by atoms with E-state index in [9.17, 15) is 14.9 Å². The second-order valence-corrected chi connectivity index (χ2v) is 4.55. The summed E-state index contributed by atoms with van der Waals surface area (Å²) < 4.78 is 5.23. The lowest BCUT2D eigenvalue weighted by molar-refractivity contribution is -0.384. The van der Waals surface area contributed by atoms with E-state index in [1.165, 1.54) is 12.1 Å². The minimum absolute atomic E-state index is 0.138. The number of carbonyl (C=O) groups excluding carboxylic acids is 1. The molecule has 0 radical (unpaired) electrons. The molecule has 7 nitrogen and oxygen atoms in total. The van der Waals surface area contributed by atoms with Crippen molar-refractivity contribution in [2.75, 3.05) is 25.0 Å². The van der Waals surface area contributed by atoms with Crippen LogP contribution in [0, 0.1) is 16.0 Å². The van der Waals surface area contributed by atoms with E-state index in [2.05, 4.69) is 10.6 Å². The number of nitrogens with zero attached hydrogens (tertiary/aromatic N) is 1. The van der Waals surface area contributed by atoms with Crippen LogP contribution in [0.3, 0.4) is 0 Å². The van der Waals surface area contributed by atoms with Crippen molar-refractivity contribution in [3.63, 3.8) is 0 Å². The molecule has 1 fully saturated rings. The fraction of sp³-hybridized carbons (Fsp3) is 0.462. The van der Waals surface area contributed by atoms with Gasteiger partial charge in [-0.25, -0.2) is 0 Å². The van der Waals surface area contributed by atoms with Crippen LogP contribution in [0.15, 0.2) is 18.2 Å². The van der Waals surface area contributed by atoms with Gasteiger partial charge in [0.2, 0.25) is 5.91 Å². The van der Waals surface area contributed by atoms with Crippen LogP contribution in [0.1, 0.15) is 13.3 Å². The average Bonchev–Trinajstić information content (AvgIpc) is 2.94. The molecule has 0 saturated carbocycles. The maximum atomic E-state index is 12.0. The largest absolute Gasteiger partial charge is 0.494 e. The van der Waals surface area contributed by atoms with Crippen molar-refractivity contribution in [1.29, 1.82) is 0 Å². The molecule has 1 aromatic rings. The number of carbonyl (C=O) groups is 1. The highest BCUT2D eigenvalue weighted by atomic mass is 16.6. The predicted octanol–water partition coefficient (Wildman–Crippen LogP) is 1.54. The summed E-state index contributed by atoms with van der Waals surface area (Å²) in [5, 5.41) is 16.8. The van der Waals surface area contributed by atoms with E-state index in [1.54, 1.807) is 13.0 Å². The van der Waals surface area contributed by atoms with Crippen LogP contribution < -0.4 is 15.4 Å². The fourth-order valence-corrected chi connectivity index (χ4v) is 2.14. The molecular formula is C13H17N3O4. The summed E-state index contributed by atoms with van der Waals surface area (Å²) in [5.41, 5.74) is 0.0469. The molecule has 1 aliphatic rings. The summed E-state index contributed by atoms with van der Waals surface area (Å²) >= 11 is 0. The normalized spacial score (nSPS) is 17.8. The number of ether oxygens (including phenoxy) is 1. The molecule has 1 saturated heterocycles. The number of amides is 1. The summed E-state index contributed by atoms with van der Waals surface area (Å²) in [5.74, 6) is 0.0863. The molecular weight excluding hydrogens is 262 g/mol. The lowest BCUT2D eigenvalue weighted by atomic mass is 10.1. The summed E-state index contributed by atoms with van der Waals surface area (Å²) in [7, 11) is 0. The van der Waals surface area contributed by atoms with E-state index in [4.69, 9.17) is 4.74 Å². The van der Waals surface area contributed by atoms with Gasteiger partial charge in [0.1, 0.15) is 11.4 Å². The Morgan fingerprint density at radius 3 is 3.00 bits per heavy atom. The zero-order valence-electron chi connectivity index (χ0n) is 11.2. The third kappa shape index (κ3) is 3.24. The first-order valence-electron chi connectivity index (χ1n) is 6.54. The molecule has 20 heavy (non-hydrogen) atoms. The van der Waals surface area contributed by atoms with Crippen molar-refractivity contribution >= 4 is 17.3 Å².